The zero-order chi connectivity index (χ0) is 13.6. The van der Waals surface area contributed by atoms with Crippen molar-refractivity contribution in [2.24, 2.45) is 0 Å². The van der Waals surface area contributed by atoms with Gasteiger partial charge < -0.3 is 10.4 Å². The lowest BCUT2D eigenvalue weighted by molar-refractivity contribution is -0.124. The van der Waals surface area contributed by atoms with Gasteiger partial charge in [-0.3, -0.25) is 9.69 Å². The third kappa shape index (κ3) is 3.47. The van der Waals surface area contributed by atoms with E-state index >= 15 is 0 Å². The third-order valence-electron chi connectivity index (χ3n) is 3.92. The Morgan fingerprint density at radius 3 is 2.72 bits per heavy atom. The Labute approximate surface area is 110 Å². The van der Waals surface area contributed by atoms with Gasteiger partial charge in [0.15, 0.2) is 0 Å². The molecule has 0 aromatic carbocycles. The lowest BCUT2D eigenvalue weighted by atomic mass is 9.94. The Bertz CT molecular complexity index is 318. The number of carbonyl (C=O) groups excluding carboxylic acids is 1. The summed E-state index contributed by atoms with van der Waals surface area (Å²) in [6.45, 7) is 5.29. The summed E-state index contributed by atoms with van der Waals surface area (Å²) in [4.78, 5) is 14.1. The van der Waals surface area contributed by atoms with Gasteiger partial charge in [-0.2, -0.15) is 0 Å². The quantitative estimate of drug-likeness (QED) is 0.686. The maximum Gasteiger partial charge on any atom is 0.235 e. The second-order valence-corrected chi connectivity index (χ2v) is 4.93. The first-order chi connectivity index (χ1) is 8.60. The Hall–Kier alpha value is -1.05. The molecule has 0 bridgehead atoms. The highest BCUT2D eigenvalue weighted by Crippen LogP contribution is 2.17. The van der Waals surface area contributed by atoms with Crippen LogP contribution in [0.2, 0.25) is 0 Å². The van der Waals surface area contributed by atoms with Gasteiger partial charge in [0.25, 0.3) is 0 Å². The number of aliphatic hydroxyl groups is 1. The molecule has 0 radical (unpaired) electrons. The first-order valence-electron chi connectivity index (χ1n) is 6.74. The molecule has 0 aliphatic carbocycles. The first kappa shape index (κ1) is 15.0. The fourth-order valence-electron chi connectivity index (χ4n) is 2.47. The molecule has 1 heterocycles. The van der Waals surface area contributed by atoms with Gasteiger partial charge in [0.1, 0.15) is 5.54 Å². The van der Waals surface area contributed by atoms with E-state index in [-0.39, 0.29) is 18.6 Å². The number of rotatable bonds is 6. The largest absolute Gasteiger partial charge is 0.395 e. The molecule has 0 unspecified atom stereocenters. The van der Waals surface area contributed by atoms with Crippen molar-refractivity contribution in [3.63, 3.8) is 0 Å². The van der Waals surface area contributed by atoms with Gasteiger partial charge in [-0.15, -0.1) is 6.42 Å². The van der Waals surface area contributed by atoms with E-state index in [4.69, 9.17) is 6.42 Å². The normalized spacial score (nSPS) is 20.7. The molecule has 18 heavy (non-hydrogen) atoms. The minimum atomic E-state index is -0.522. The smallest absolute Gasteiger partial charge is 0.235 e. The summed E-state index contributed by atoms with van der Waals surface area (Å²) in [6.07, 6.45) is 8.99. The van der Waals surface area contributed by atoms with Crippen LogP contribution >= 0.6 is 0 Å². The van der Waals surface area contributed by atoms with E-state index in [1.54, 1.807) is 0 Å². The van der Waals surface area contributed by atoms with Crippen LogP contribution in [0.25, 0.3) is 0 Å². The minimum absolute atomic E-state index is 0.0444. The second-order valence-electron chi connectivity index (χ2n) is 4.93. The molecule has 4 heteroatoms. The van der Waals surface area contributed by atoms with E-state index in [9.17, 15) is 9.90 Å². The van der Waals surface area contributed by atoms with Crippen LogP contribution in [0, 0.1) is 12.3 Å². The van der Waals surface area contributed by atoms with Crippen molar-refractivity contribution in [1.82, 2.24) is 10.2 Å². The molecule has 1 aliphatic rings. The molecule has 1 saturated heterocycles. The number of terminal acetylenes is 1. The second kappa shape index (κ2) is 6.77. The predicted molar refractivity (Wildman–Crippen MR) is 72.0 cm³/mol. The number of hydrogen-bond donors (Lipinski definition) is 2. The van der Waals surface area contributed by atoms with Crippen LogP contribution in [0.4, 0.5) is 0 Å². The monoisotopic (exact) mass is 252 g/mol. The molecule has 1 atom stereocenters. The Morgan fingerprint density at radius 2 is 2.22 bits per heavy atom. The summed E-state index contributed by atoms with van der Waals surface area (Å²) < 4.78 is 0. The van der Waals surface area contributed by atoms with Crippen molar-refractivity contribution in [2.75, 3.05) is 19.7 Å². The topological polar surface area (TPSA) is 52.6 Å². The van der Waals surface area contributed by atoms with Gasteiger partial charge in [-0.05, 0) is 32.2 Å². The standard InChI is InChI=1S/C14H24N2O2/c1-4-14(5-2,6-3)15-13(18)10-16-9-7-8-12(16)11-17/h1,12,17H,5-11H2,2-3H3,(H,15,18)/t12-/m1/s1. The summed E-state index contributed by atoms with van der Waals surface area (Å²) in [5.41, 5.74) is -0.522. The fourth-order valence-corrected chi connectivity index (χ4v) is 2.47. The van der Waals surface area contributed by atoms with Crippen molar-refractivity contribution >= 4 is 5.91 Å². The molecule has 0 spiro atoms. The molecule has 0 saturated carbocycles. The van der Waals surface area contributed by atoms with Crippen LogP contribution in [-0.4, -0.2) is 47.2 Å². The highest BCUT2D eigenvalue weighted by molar-refractivity contribution is 5.79. The molecular weight excluding hydrogens is 228 g/mol. The SMILES string of the molecule is C#CC(CC)(CC)NC(=O)CN1CCC[C@@H]1CO. The fraction of sp³-hybridized carbons (Fsp3) is 0.786. The van der Waals surface area contributed by atoms with Gasteiger partial charge in [0.05, 0.1) is 13.2 Å². The molecule has 1 aliphatic heterocycles. The highest BCUT2D eigenvalue weighted by atomic mass is 16.3. The van der Waals surface area contributed by atoms with Crippen LogP contribution in [0.15, 0.2) is 0 Å². The van der Waals surface area contributed by atoms with Gasteiger partial charge >= 0.3 is 0 Å². The summed E-state index contributed by atoms with van der Waals surface area (Å²) in [7, 11) is 0. The van der Waals surface area contributed by atoms with E-state index in [0.29, 0.717) is 6.54 Å². The number of carbonyl (C=O) groups is 1. The van der Waals surface area contributed by atoms with Crippen LogP contribution in [0.3, 0.4) is 0 Å². The van der Waals surface area contributed by atoms with Crippen molar-refractivity contribution in [3.05, 3.63) is 0 Å². The Morgan fingerprint density at radius 1 is 1.56 bits per heavy atom. The molecule has 2 N–H and O–H groups in total. The molecule has 102 valence electrons. The van der Waals surface area contributed by atoms with E-state index in [0.717, 1.165) is 32.2 Å². The van der Waals surface area contributed by atoms with Gasteiger partial charge in [0.2, 0.25) is 5.91 Å². The van der Waals surface area contributed by atoms with E-state index in [1.807, 2.05) is 18.7 Å². The number of amides is 1. The van der Waals surface area contributed by atoms with Crippen LogP contribution in [0.1, 0.15) is 39.5 Å². The van der Waals surface area contributed by atoms with E-state index in [2.05, 4.69) is 11.2 Å². The molecule has 1 amide bonds. The zero-order valence-corrected chi connectivity index (χ0v) is 11.4. The summed E-state index contributed by atoms with van der Waals surface area (Å²) in [6, 6.07) is 0.124. The van der Waals surface area contributed by atoms with Crippen molar-refractivity contribution < 1.29 is 9.90 Å². The van der Waals surface area contributed by atoms with Crippen molar-refractivity contribution in [3.8, 4) is 12.3 Å². The van der Waals surface area contributed by atoms with Gasteiger partial charge in [-0.25, -0.2) is 0 Å². The van der Waals surface area contributed by atoms with E-state index in [1.165, 1.54) is 0 Å². The summed E-state index contributed by atoms with van der Waals surface area (Å²) in [5.74, 6) is 2.65. The number of hydrogen-bond acceptors (Lipinski definition) is 3. The molecular formula is C14H24N2O2. The average molecular weight is 252 g/mol. The lowest BCUT2D eigenvalue weighted by Crippen LogP contribution is -2.50. The number of aliphatic hydroxyl groups excluding tert-OH is 1. The summed E-state index contributed by atoms with van der Waals surface area (Å²) in [5, 5.41) is 12.2. The molecule has 4 nitrogen and oxygen atoms in total. The zero-order valence-electron chi connectivity index (χ0n) is 11.4. The Balaban J connectivity index is 2.53. The van der Waals surface area contributed by atoms with Gasteiger partial charge in [0, 0.05) is 6.04 Å². The number of nitrogens with zero attached hydrogens (tertiary/aromatic N) is 1. The minimum Gasteiger partial charge on any atom is -0.395 e. The van der Waals surface area contributed by atoms with Gasteiger partial charge in [-0.1, -0.05) is 19.8 Å². The molecule has 1 fully saturated rings. The number of nitrogens with one attached hydrogen (secondary N) is 1. The maximum atomic E-state index is 12.0. The van der Waals surface area contributed by atoms with Crippen molar-refractivity contribution in [1.29, 1.82) is 0 Å². The maximum absolute atomic E-state index is 12.0. The van der Waals surface area contributed by atoms with Crippen LogP contribution in [0.5, 0.6) is 0 Å². The number of likely N-dealkylation sites (tertiary alicyclic amines) is 1. The van der Waals surface area contributed by atoms with E-state index < -0.39 is 5.54 Å². The first-order valence-corrected chi connectivity index (χ1v) is 6.74. The van der Waals surface area contributed by atoms with Crippen LogP contribution in [-0.2, 0) is 4.79 Å². The van der Waals surface area contributed by atoms with Crippen LogP contribution < -0.4 is 5.32 Å². The molecule has 1 rings (SSSR count). The predicted octanol–water partition coefficient (Wildman–Crippen LogP) is 0.751. The summed E-state index contributed by atoms with van der Waals surface area (Å²) >= 11 is 0. The average Bonchev–Trinajstić information content (AvgIpc) is 2.83. The Kier molecular flexibility index (Phi) is 5.64. The molecule has 0 aromatic rings. The third-order valence-corrected chi connectivity index (χ3v) is 3.92. The van der Waals surface area contributed by atoms with Crippen molar-refractivity contribution in [2.45, 2.75) is 51.1 Å². The molecule has 0 aromatic heterocycles. The highest BCUT2D eigenvalue weighted by Gasteiger charge is 2.29. The lowest BCUT2D eigenvalue weighted by Gasteiger charge is -2.29.